The maximum absolute atomic E-state index is 6.22. The van der Waals surface area contributed by atoms with Crippen molar-refractivity contribution in [2.45, 2.75) is 18.7 Å². The Hall–Kier alpha value is -2.05. The van der Waals surface area contributed by atoms with Crippen LogP contribution < -0.4 is 4.74 Å². The highest BCUT2D eigenvalue weighted by Crippen LogP contribution is 2.47. The zero-order valence-electron chi connectivity index (χ0n) is 12.6. The van der Waals surface area contributed by atoms with E-state index in [9.17, 15) is 0 Å². The van der Waals surface area contributed by atoms with E-state index in [1.54, 1.807) is 11.3 Å². The number of benzene rings is 1. The van der Waals surface area contributed by atoms with E-state index in [4.69, 9.17) is 14.3 Å². The molecule has 2 atom stereocenters. The number of halogens is 1. The molecule has 1 aromatic carbocycles. The molecule has 0 aliphatic carbocycles. The van der Waals surface area contributed by atoms with Gasteiger partial charge < -0.3 is 9.15 Å². The van der Waals surface area contributed by atoms with Gasteiger partial charge in [-0.15, -0.1) is 11.3 Å². The van der Waals surface area contributed by atoms with Gasteiger partial charge in [0.2, 0.25) is 6.23 Å². The van der Waals surface area contributed by atoms with Crippen LogP contribution in [0.25, 0.3) is 0 Å². The Morgan fingerprint density at radius 2 is 2.04 bits per heavy atom. The predicted molar refractivity (Wildman–Crippen MR) is 96.3 cm³/mol. The second kappa shape index (κ2) is 5.50. The molecule has 0 spiro atoms. The van der Waals surface area contributed by atoms with Gasteiger partial charge >= 0.3 is 0 Å². The molecule has 120 valence electrons. The van der Waals surface area contributed by atoms with Crippen molar-refractivity contribution in [1.82, 2.24) is 5.01 Å². The molecule has 0 radical (unpaired) electrons. The van der Waals surface area contributed by atoms with E-state index in [-0.39, 0.29) is 12.3 Å². The molecule has 5 rings (SSSR count). The molecule has 4 heterocycles. The first-order chi connectivity index (χ1) is 11.8. The highest BCUT2D eigenvalue weighted by atomic mass is 79.9. The smallest absolute Gasteiger partial charge is 0.246 e. The first-order valence-electron chi connectivity index (χ1n) is 7.70. The average Bonchev–Trinajstić information content (AvgIpc) is 3.34. The number of hydrogen-bond acceptors (Lipinski definition) is 5. The normalized spacial score (nSPS) is 21.9. The average molecular weight is 401 g/mol. The van der Waals surface area contributed by atoms with Gasteiger partial charge in [-0.1, -0.05) is 24.3 Å². The Morgan fingerprint density at radius 1 is 1.12 bits per heavy atom. The van der Waals surface area contributed by atoms with Gasteiger partial charge in [-0.05, 0) is 45.6 Å². The van der Waals surface area contributed by atoms with Crippen LogP contribution in [0.2, 0.25) is 0 Å². The van der Waals surface area contributed by atoms with Gasteiger partial charge in [0.05, 0.1) is 16.6 Å². The Kier molecular flexibility index (Phi) is 3.28. The van der Waals surface area contributed by atoms with Gasteiger partial charge in [0.15, 0.2) is 10.4 Å². The SMILES string of the molecule is Brc1ccc([C@@H]2Oc3ccccc3[C@H]3CC(c4cccs4)=NN32)o1. The molecule has 0 saturated heterocycles. The molecule has 2 aliphatic heterocycles. The third-order valence-electron chi connectivity index (χ3n) is 4.34. The summed E-state index contributed by atoms with van der Waals surface area (Å²) in [4.78, 5) is 1.21. The van der Waals surface area contributed by atoms with Gasteiger partial charge in [0.25, 0.3) is 0 Å². The fourth-order valence-corrected chi connectivity index (χ4v) is 4.31. The summed E-state index contributed by atoms with van der Waals surface area (Å²) >= 11 is 5.09. The Labute approximate surface area is 151 Å². The Morgan fingerprint density at radius 3 is 2.83 bits per heavy atom. The monoisotopic (exact) mass is 400 g/mol. The fourth-order valence-electron chi connectivity index (χ4n) is 3.27. The van der Waals surface area contributed by atoms with E-state index in [1.165, 1.54) is 10.4 Å². The van der Waals surface area contributed by atoms with Crippen LogP contribution in [0.3, 0.4) is 0 Å². The van der Waals surface area contributed by atoms with Crippen LogP contribution in [-0.4, -0.2) is 10.7 Å². The largest absolute Gasteiger partial charge is 0.461 e. The predicted octanol–water partition coefficient (Wildman–Crippen LogP) is 5.35. The second-order valence-corrected chi connectivity index (χ2v) is 7.50. The summed E-state index contributed by atoms with van der Waals surface area (Å²) < 4.78 is 12.7. The molecule has 0 N–H and O–H groups in total. The van der Waals surface area contributed by atoms with E-state index in [2.05, 4.69) is 39.5 Å². The molecule has 3 aromatic rings. The molecule has 0 fully saturated rings. The molecule has 2 aliphatic rings. The molecule has 2 aromatic heterocycles. The van der Waals surface area contributed by atoms with Gasteiger partial charge in [0, 0.05) is 12.0 Å². The summed E-state index contributed by atoms with van der Waals surface area (Å²) in [7, 11) is 0. The lowest BCUT2D eigenvalue weighted by molar-refractivity contribution is -0.0329. The van der Waals surface area contributed by atoms with Crippen LogP contribution in [0.5, 0.6) is 5.75 Å². The maximum atomic E-state index is 6.22. The first-order valence-corrected chi connectivity index (χ1v) is 9.37. The molecule has 0 amide bonds. The summed E-state index contributed by atoms with van der Waals surface area (Å²) in [6.07, 6.45) is 0.521. The van der Waals surface area contributed by atoms with Crippen LogP contribution in [-0.2, 0) is 0 Å². The number of furan rings is 1. The minimum Gasteiger partial charge on any atom is -0.461 e. The van der Waals surface area contributed by atoms with E-state index < -0.39 is 0 Å². The number of thiophene rings is 1. The highest BCUT2D eigenvalue weighted by molar-refractivity contribution is 9.10. The van der Waals surface area contributed by atoms with Gasteiger partial charge in [-0.2, -0.15) is 5.10 Å². The second-order valence-electron chi connectivity index (χ2n) is 5.77. The van der Waals surface area contributed by atoms with Crippen molar-refractivity contribution in [1.29, 1.82) is 0 Å². The number of fused-ring (bicyclic) bond motifs is 3. The molecular formula is C18H13BrN2O2S. The van der Waals surface area contributed by atoms with Crippen LogP contribution in [0.15, 0.2) is 68.1 Å². The zero-order chi connectivity index (χ0) is 16.1. The highest BCUT2D eigenvalue weighted by Gasteiger charge is 2.42. The van der Waals surface area contributed by atoms with Crippen LogP contribution in [0, 0.1) is 0 Å². The molecule has 0 unspecified atom stereocenters. The lowest BCUT2D eigenvalue weighted by Gasteiger charge is -2.36. The van der Waals surface area contributed by atoms with Crippen molar-refractivity contribution in [2.24, 2.45) is 5.10 Å². The van der Waals surface area contributed by atoms with Gasteiger partial charge in [-0.25, -0.2) is 5.01 Å². The van der Waals surface area contributed by atoms with Crippen molar-refractivity contribution in [2.75, 3.05) is 0 Å². The standard InChI is InChI=1S/C18H13BrN2O2S/c19-17-8-7-15(22-17)18-21-13(11-4-1-2-5-14(11)23-18)10-12(20-21)16-6-3-9-24-16/h1-9,13,18H,10H2/t13-,18+/m1/s1. The number of rotatable bonds is 2. The molecule has 6 heteroatoms. The van der Waals surface area contributed by atoms with Crippen molar-refractivity contribution in [3.63, 3.8) is 0 Å². The van der Waals surface area contributed by atoms with E-state index >= 15 is 0 Å². The summed E-state index contributed by atoms with van der Waals surface area (Å²) in [5.41, 5.74) is 2.28. The van der Waals surface area contributed by atoms with E-state index in [0.717, 1.165) is 23.6 Å². The topological polar surface area (TPSA) is 38.0 Å². The Bertz CT molecular complexity index is 919. The van der Waals surface area contributed by atoms with E-state index in [0.29, 0.717) is 4.67 Å². The summed E-state index contributed by atoms with van der Waals surface area (Å²) in [5, 5.41) is 8.99. The van der Waals surface area contributed by atoms with Crippen LogP contribution in [0.1, 0.15) is 34.9 Å². The number of ether oxygens (including phenoxy) is 1. The summed E-state index contributed by atoms with van der Waals surface area (Å²) in [6.45, 7) is 0. The molecule has 24 heavy (non-hydrogen) atoms. The third-order valence-corrected chi connectivity index (χ3v) is 5.69. The van der Waals surface area contributed by atoms with E-state index in [1.807, 2.05) is 35.3 Å². The first kappa shape index (κ1) is 14.3. The van der Waals surface area contributed by atoms with Gasteiger partial charge in [-0.3, -0.25) is 0 Å². The lowest BCUT2D eigenvalue weighted by atomic mass is 9.98. The minimum absolute atomic E-state index is 0.168. The van der Waals surface area contributed by atoms with Crippen molar-refractivity contribution < 1.29 is 9.15 Å². The van der Waals surface area contributed by atoms with Crippen LogP contribution >= 0.6 is 27.3 Å². The number of hydrogen-bond donors (Lipinski definition) is 0. The summed E-state index contributed by atoms with van der Waals surface area (Å²) in [6, 6.07) is 16.3. The van der Waals surface area contributed by atoms with Gasteiger partial charge in [0.1, 0.15) is 5.75 Å². The molecule has 4 nitrogen and oxygen atoms in total. The number of para-hydroxylation sites is 1. The zero-order valence-corrected chi connectivity index (χ0v) is 15.0. The fraction of sp³-hybridized carbons (Fsp3) is 0.167. The van der Waals surface area contributed by atoms with Crippen molar-refractivity contribution in [3.8, 4) is 5.75 Å². The lowest BCUT2D eigenvalue weighted by Crippen LogP contribution is -2.33. The quantitative estimate of drug-likeness (QED) is 0.581. The number of nitrogens with zero attached hydrogens (tertiary/aromatic N) is 2. The Balaban J connectivity index is 1.61. The van der Waals surface area contributed by atoms with Crippen LogP contribution in [0.4, 0.5) is 0 Å². The third kappa shape index (κ3) is 2.21. The maximum Gasteiger partial charge on any atom is 0.246 e. The number of hydrazone groups is 1. The summed E-state index contributed by atoms with van der Waals surface area (Å²) in [5.74, 6) is 1.65. The molecule has 0 bridgehead atoms. The minimum atomic E-state index is -0.353. The van der Waals surface area contributed by atoms with Crippen molar-refractivity contribution >= 4 is 33.0 Å². The molecule has 0 saturated carbocycles. The van der Waals surface area contributed by atoms with Crippen molar-refractivity contribution in [3.05, 3.63) is 74.8 Å². The molecular weight excluding hydrogens is 388 g/mol.